The minimum absolute atomic E-state index is 0.257. The molecule has 1 aromatic rings. The van der Waals surface area contributed by atoms with E-state index in [9.17, 15) is 13.2 Å². The molecule has 2 nitrogen and oxygen atoms in total. The molecule has 0 saturated heterocycles. The van der Waals surface area contributed by atoms with Crippen molar-refractivity contribution in [2.24, 2.45) is 0 Å². The van der Waals surface area contributed by atoms with Crippen molar-refractivity contribution in [1.82, 2.24) is 5.32 Å². The molecule has 1 rings (SSSR count). The van der Waals surface area contributed by atoms with Gasteiger partial charge in [0.15, 0.2) is 0 Å². The van der Waals surface area contributed by atoms with E-state index in [1.54, 1.807) is 0 Å². The van der Waals surface area contributed by atoms with Crippen molar-refractivity contribution in [3.63, 3.8) is 0 Å². The monoisotopic (exact) mass is 289 g/mol. The van der Waals surface area contributed by atoms with E-state index in [1.807, 2.05) is 45.0 Å². The molecule has 0 amide bonds. The molecular formula is C15H22F3NO. The van der Waals surface area contributed by atoms with E-state index in [0.717, 1.165) is 11.1 Å². The highest BCUT2D eigenvalue weighted by Gasteiger charge is 2.27. The number of ether oxygens (including phenoxy) is 1. The van der Waals surface area contributed by atoms with Crippen molar-refractivity contribution < 1.29 is 17.9 Å². The summed E-state index contributed by atoms with van der Waals surface area (Å²) < 4.78 is 42.1. The second-order valence-corrected chi connectivity index (χ2v) is 5.14. The average Bonchev–Trinajstić information content (AvgIpc) is 2.33. The van der Waals surface area contributed by atoms with Crippen LogP contribution in [0.2, 0.25) is 0 Å². The summed E-state index contributed by atoms with van der Waals surface area (Å²) in [7, 11) is 0. The number of alkyl halides is 3. The Morgan fingerprint density at radius 2 is 1.85 bits per heavy atom. The lowest BCUT2D eigenvalue weighted by Gasteiger charge is -2.22. The molecule has 0 aliphatic carbocycles. The summed E-state index contributed by atoms with van der Waals surface area (Å²) >= 11 is 0. The van der Waals surface area contributed by atoms with Gasteiger partial charge in [-0.1, -0.05) is 38.1 Å². The molecule has 114 valence electrons. The Kier molecular flexibility index (Phi) is 6.49. The van der Waals surface area contributed by atoms with E-state index in [-0.39, 0.29) is 18.8 Å². The van der Waals surface area contributed by atoms with Crippen molar-refractivity contribution >= 4 is 0 Å². The Morgan fingerprint density at radius 3 is 2.40 bits per heavy atom. The molecule has 5 heteroatoms. The first kappa shape index (κ1) is 17.0. The van der Waals surface area contributed by atoms with Crippen LogP contribution < -0.4 is 5.32 Å². The number of rotatable bonds is 7. The average molecular weight is 289 g/mol. The first-order valence-corrected chi connectivity index (χ1v) is 6.77. The fraction of sp³-hybridized carbons (Fsp3) is 0.600. The quantitative estimate of drug-likeness (QED) is 0.819. The van der Waals surface area contributed by atoms with E-state index in [0.29, 0.717) is 6.54 Å². The van der Waals surface area contributed by atoms with E-state index in [2.05, 4.69) is 5.32 Å². The number of nitrogens with one attached hydrogen (secondary N) is 1. The highest BCUT2D eigenvalue weighted by atomic mass is 19.4. The van der Waals surface area contributed by atoms with Crippen LogP contribution in [-0.4, -0.2) is 25.4 Å². The van der Waals surface area contributed by atoms with Gasteiger partial charge in [0.05, 0.1) is 19.1 Å². The SMILES string of the molecule is Cc1ccccc1C(CNC(C)C)OCCC(F)(F)F. The van der Waals surface area contributed by atoms with Crippen molar-refractivity contribution in [2.45, 2.75) is 45.5 Å². The minimum Gasteiger partial charge on any atom is -0.372 e. The second kappa shape index (κ2) is 7.64. The zero-order valence-corrected chi connectivity index (χ0v) is 12.1. The lowest BCUT2D eigenvalue weighted by atomic mass is 10.0. The summed E-state index contributed by atoms with van der Waals surface area (Å²) in [5, 5.41) is 3.21. The predicted molar refractivity (Wildman–Crippen MR) is 73.7 cm³/mol. The van der Waals surface area contributed by atoms with E-state index in [1.165, 1.54) is 0 Å². The van der Waals surface area contributed by atoms with Crippen LogP contribution in [0.4, 0.5) is 13.2 Å². The number of hydrogen-bond acceptors (Lipinski definition) is 2. The van der Waals surface area contributed by atoms with Gasteiger partial charge in [0.1, 0.15) is 0 Å². The Hall–Kier alpha value is -1.07. The second-order valence-electron chi connectivity index (χ2n) is 5.14. The van der Waals surface area contributed by atoms with Crippen LogP contribution in [-0.2, 0) is 4.74 Å². The van der Waals surface area contributed by atoms with Gasteiger partial charge in [-0.25, -0.2) is 0 Å². The Morgan fingerprint density at radius 1 is 1.20 bits per heavy atom. The van der Waals surface area contributed by atoms with E-state index in [4.69, 9.17) is 4.74 Å². The van der Waals surface area contributed by atoms with Crippen molar-refractivity contribution in [2.75, 3.05) is 13.2 Å². The summed E-state index contributed by atoms with van der Waals surface area (Å²) in [5.74, 6) is 0. The molecule has 0 aromatic heterocycles. The fourth-order valence-corrected chi connectivity index (χ4v) is 1.87. The molecule has 0 aliphatic heterocycles. The first-order valence-electron chi connectivity index (χ1n) is 6.77. The third kappa shape index (κ3) is 6.39. The van der Waals surface area contributed by atoms with Gasteiger partial charge >= 0.3 is 6.18 Å². The maximum absolute atomic E-state index is 12.2. The fourth-order valence-electron chi connectivity index (χ4n) is 1.87. The van der Waals surface area contributed by atoms with Crippen LogP contribution in [0, 0.1) is 6.92 Å². The molecule has 1 N–H and O–H groups in total. The van der Waals surface area contributed by atoms with E-state index < -0.39 is 12.6 Å². The highest BCUT2D eigenvalue weighted by Crippen LogP contribution is 2.24. The molecule has 0 saturated carbocycles. The maximum atomic E-state index is 12.2. The van der Waals surface area contributed by atoms with Gasteiger partial charge in [0.25, 0.3) is 0 Å². The molecule has 0 aliphatic rings. The molecule has 0 fully saturated rings. The van der Waals surface area contributed by atoms with Gasteiger partial charge in [-0.2, -0.15) is 13.2 Å². The van der Waals surface area contributed by atoms with Crippen LogP contribution in [0.15, 0.2) is 24.3 Å². The first-order chi connectivity index (χ1) is 9.29. The summed E-state index contributed by atoms with van der Waals surface area (Å²) in [4.78, 5) is 0. The number of benzene rings is 1. The summed E-state index contributed by atoms with van der Waals surface area (Å²) in [5.41, 5.74) is 1.96. The lowest BCUT2D eigenvalue weighted by Crippen LogP contribution is -2.30. The van der Waals surface area contributed by atoms with Crippen LogP contribution in [0.1, 0.15) is 37.5 Å². The van der Waals surface area contributed by atoms with Crippen LogP contribution >= 0.6 is 0 Å². The van der Waals surface area contributed by atoms with Gasteiger partial charge in [0, 0.05) is 12.6 Å². The van der Waals surface area contributed by atoms with Crippen LogP contribution in [0.3, 0.4) is 0 Å². The number of hydrogen-bond donors (Lipinski definition) is 1. The summed E-state index contributed by atoms with van der Waals surface area (Å²) in [6.45, 7) is 6.10. The molecule has 0 radical (unpaired) electrons. The van der Waals surface area contributed by atoms with Gasteiger partial charge in [-0.05, 0) is 18.1 Å². The summed E-state index contributed by atoms with van der Waals surface area (Å²) in [6, 6.07) is 7.87. The summed E-state index contributed by atoms with van der Waals surface area (Å²) in [6.07, 6.45) is -5.46. The smallest absolute Gasteiger partial charge is 0.372 e. The molecule has 0 spiro atoms. The third-order valence-corrected chi connectivity index (χ3v) is 2.95. The number of aryl methyl sites for hydroxylation is 1. The Labute approximate surface area is 118 Å². The van der Waals surface area contributed by atoms with Gasteiger partial charge in [-0.3, -0.25) is 0 Å². The molecule has 1 aromatic carbocycles. The zero-order valence-electron chi connectivity index (χ0n) is 12.1. The van der Waals surface area contributed by atoms with Gasteiger partial charge < -0.3 is 10.1 Å². The zero-order chi connectivity index (χ0) is 15.2. The lowest BCUT2D eigenvalue weighted by molar-refractivity contribution is -0.149. The largest absolute Gasteiger partial charge is 0.391 e. The topological polar surface area (TPSA) is 21.3 Å². The Bertz CT molecular complexity index is 404. The highest BCUT2D eigenvalue weighted by molar-refractivity contribution is 5.28. The maximum Gasteiger partial charge on any atom is 0.391 e. The standard InChI is InChI=1S/C15H22F3NO/c1-11(2)19-10-14(20-9-8-15(16,17)18)13-7-5-4-6-12(13)3/h4-7,11,14,19H,8-10H2,1-3H3. The van der Waals surface area contributed by atoms with Crippen molar-refractivity contribution in [3.8, 4) is 0 Å². The molecule has 0 heterocycles. The normalized spacial score (nSPS) is 13.8. The minimum atomic E-state index is -4.18. The molecule has 20 heavy (non-hydrogen) atoms. The predicted octanol–water partition coefficient (Wildman–Crippen LogP) is 4.00. The van der Waals surface area contributed by atoms with Gasteiger partial charge in [0.2, 0.25) is 0 Å². The molecule has 1 unspecified atom stereocenters. The molecular weight excluding hydrogens is 267 g/mol. The van der Waals surface area contributed by atoms with Crippen LogP contribution in [0.25, 0.3) is 0 Å². The number of halogens is 3. The van der Waals surface area contributed by atoms with Gasteiger partial charge in [-0.15, -0.1) is 0 Å². The third-order valence-electron chi connectivity index (χ3n) is 2.95. The van der Waals surface area contributed by atoms with Crippen molar-refractivity contribution in [1.29, 1.82) is 0 Å². The van der Waals surface area contributed by atoms with Crippen molar-refractivity contribution in [3.05, 3.63) is 35.4 Å². The molecule has 0 bridgehead atoms. The van der Waals surface area contributed by atoms with E-state index >= 15 is 0 Å². The Balaban J connectivity index is 2.68. The van der Waals surface area contributed by atoms with Crippen LogP contribution in [0.5, 0.6) is 0 Å². The molecule has 1 atom stereocenters.